The number of nitrogens with two attached hydrogens (primary N) is 1. The lowest BCUT2D eigenvalue weighted by Gasteiger charge is -2.37. The minimum atomic E-state index is -4.44. The van der Waals surface area contributed by atoms with Crippen molar-refractivity contribution >= 4 is 0 Å². The van der Waals surface area contributed by atoms with Gasteiger partial charge in [0.2, 0.25) is 0 Å². The molecule has 20 heavy (non-hydrogen) atoms. The van der Waals surface area contributed by atoms with Crippen LogP contribution >= 0.6 is 0 Å². The van der Waals surface area contributed by atoms with E-state index >= 15 is 0 Å². The fraction of sp³-hybridized carbons (Fsp3) is 0.615. The van der Waals surface area contributed by atoms with E-state index < -0.39 is 23.4 Å². The molecular weight excluding hydrogens is 271 g/mol. The number of ether oxygens (including phenoxy) is 1. The standard InChI is InChI=1S/C13H18F3N3O/c1-20-12(5-2-3-6-12)11(19-17)9-8-18-7-4-10(9)13(14,15)16/h4,7-8,11,19H,2-3,5-6,17H2,1H3. The van der Waals surface area contributed by atoms with Crippen molar-refractivity contribution in [3.05, 3.63) is 29.6 Å². The Hall–Kier alpha value is -1.18. The summed E-state index contributed by atoms with van der Waals surface area (Å²) < 4.78 is 44.9. The van der Waals surface area contributed by atoms with Gasteiger partial charge in [-0.2, -0.15) is 13.2 Å². The van der Waals surface area contributed by atoms with E-state index in [9.17, 15) is 13.2 Å². The first kappa shape index (κ1) is 15.2. The van der Waals surface area contributed by atoms with Crippen LogP contribution in [0.15, 0.2) is 18.5 Å². The molecule has 1 aliphatic rings. The largest absolute Gasteiger partial charge is 0.416 e. The zero-order valence-corrected chi connectivity index (χ0v) is 11.2. The third kappa shape index (κ3) is 2.65. The molecule has 1 aliphatic carbocycles. The first-order chi connectivity index (χ1) is 9.44. The van der Waals surface area contributed by atoms with Gasteiger partial charge in [0.1, 0.15) is 0 Å². The van der Waals surface area contributed by atoms with Crippen LogP contribution in [0, 0.1) is 0 Å². The quantitative estimate of drug-likeness (QED) is 0.660. The summed E-state index contributed by atoms with van der Waals surface area (Å²) in [6.45, 7) is 0. The Kier molecular flexibility index (Phi) is 4.31. The van der Waals surface area contributed by atoms with Crippen LogP contribution in [0.5, 0.6) is 0 Å². The molecule has 0 aliphatic heterocycles. The lowest BCUT2D eigenvalue weighted by Crippen LogP contribution is -2.47. The van der Waals surface area contributed by atoms with E-state index in [0.29, 0.717) is 12.8 Å². The van der Waals surface area contributed by atoms with Crippen molar-refractivity contribution in [1.29, 1.82) is 0 Å². The molecule has 0 amide bonds. The molecule has 4 nitrogen and oxygen atoms in total. The predicted molar refractivity (Wildman–Crippen MR) is 67.5 cm³/mol. The molecule has 0 radical (unpaired) electrons. The summed E-state index contributed by atoms with van der Waals surface area (Å²) in [7, 11) is 1.51. The Labute approximate surface area is 115 Å². The number of alkyl halides is 3. The third-order valence-corrected chi connectivity index (χ3v) is 4.02. The monoisotopic (exact) mass is 289 g/mol. The second kappa shape index (κ2) is 5.67. The molecule has 0 saturated heterocycles. The molecule has 0 bridgehead atoms. The van der Waals surface area contributed by atoms with Crippen molar-refractivity contribution in [3.63, 3.8) is 0 Å². The van der Waals surface area contributed by atoms with Gasteiger partial charge in [-0.25, -0.2) is 5.43 Å². The first-order valence-electron chi connectivity index (χ1n) is 6.47. The summed E-state index contributed by atoms with van der Waals surface area (Å²) in [6, 6.07) is 0.234. The second-order valence-electron chi connectivity index (χ2n) is 5.04. The maximum absolute atomic E-state index is 13.1. The molecule has 112 valence electrons. The van der Waals surface area contributed by atoms with Gasteiger partial charge in [-0.15, -0.1) is 0 Å². The molecule has 0 spiro atoms. The smallest absolute Gasteiger partial charge is 0.376 e. The first-order valence-corrected chi connectivity index (χ1v) is 6.47. The van der Waals surface area contributed by atoms with Crippen molar-refractivity contribution in [2.45, 2.75) is 43.5 Å². The number of aromatic nitrogens is 1. The number of halogens is 3. The minimum Gasteiger partial charge on any atom is -0.376 e. The lowest BCUT2D eigenvalue weighted by atomic mass is 9.85. The summed E-state index contributed by atoms with van der Waals surface area (Å²) in [6.07, 6.45) is 1.07. The van der Waals surface area contributed by atoms with Crippen molar-refractivity contribution in [1.82, 2.24) is 10.4 Å². The molecule has 7 heteroatoms. The van der Waals surface area contributed by atoms with Gasteiger partial charge in [0, 0.05) is 25.1 Å². The molecule has 1 heterocycles. The maximum Gasteiger partial charge on any atom is 0.416 e. The fourth-order valence-electron chi connectivity index (χ4n) is 3.00. The Morgan fingerprint density at radius 1 is 1.40 bits per heavy atom. The maximum atomic E-state index is 13.1. The van der Waals surface area contributed by atoms with Crippen molar-refractivity contribution < 1.29 is 17.9 Å². The minimum absolute atomic E-state index is 0.0336. The van der Waals surface area contributed by atoms with Crippen LogP contribution < -0.4 is 11.3 Å². The third-order valence-electron chi connectivity index (χ3n) is 4.02. The number of pyridine rings is 1. The molecule has 1 atom stereocenters. The molecule has 1 aromatic rings. The van der Waals surface area contributed by atoms with Gasteiger partial charge in [0.15, 0.2) is 0 Å². The zero-order valence-electron chi connectivity index (χ0n) is 11.2. The van der Waals surface area contributed by atoms with E-state index in [1.807, 2.05) is 0 Å². The Balaban J connectivity index is 2.47. The van der Waals surface area contributed by atoms with Gasteiger partial charge in [0.25, 0.3) is 0 Å². The van der Waals surface area contributed by atoms with Crippen molar-refractivity contribution in [2.24, 2.45) is 5.84 Å². The van der Waals surface area contributed by atoms with E-state index in [1.165, 1.54) is 13.3 Å². The van der Waals surface area contributed by atoms with Gasteiger partial charge in [-0.1, -0.05) is 12.8 Å². The van der Waals surface area contributed by atoms with E-state index in [4.69, 9.17) is 10.6 Å². The van der Waals surface area contributed by atoms with Gasteiger partial charge in [-0.05, 0) is 18.9 Å². The van der Waals surface area contributed by atoms with Gasteiger partial charge in [-0.3, -0.25) is 10.8 Å². The van der Waals surface area contributed by atoms with Crippen LogP contribution in [0.1, 0.15) is 42.9 Å². The highest BCUT2D eigenvalue weighted by atomic mass is 19.4. The van der Waals surface area contributed by atoms with Crippen molar-refractivity contribution in [3.8, 4) is 0 Å². The second-order valence-corrected chi connectivity index (χ2v) is 5.04. The predicted octanol–water partition coefficient (Wildman–Crippen LogP) is 2.56. The zero-order chi connectivity index (χ0) is 14.8. The van der Waals surface area contributed by atoms with E-state index in [1.54, 1.807) is 0 Å². The van der Waals surface area contributed by atoms with Crippen LogP contribution in [-0.2, 0) is 10.9 Å². The number of nitrogens with one attached hydrogen (secondary N) is 1. The topological polar surface area (TPSA) is 60.2 Å². The van der Waals surface area contributed by atoms with Crippen LogP contribution in [-0.4, -0.2) is 17.7 Å². The average molecular weight is 289 g/mol. The van der Waals surface area contributed by atoms with Gasteiger partial charge in [0.05, 0.1) is 17.2 Å². The molecule has 0 aromatic carbocycles. The number of hydrogen-bond acceptors (Lipinski definition) is 4. The van der Waals surface area contributed by atoms with Crippen LogP contribution in [0.3, 0.4) is 0 Å². The fourth-order valence-corrected chi connectivity index (χ4v) is 3.00. The number of hydrogen-bond donors (Lipinski definition) is 2. The number of rotatable bonds is 4. The average Bonchev–Trinajstić information content (AvgIpc) is 2.89. The van der Waals surface area contributed by atoms with Crippen LogP contribution in [0.4, 0.5) is 13.2 Å². The summed E-state index contributed by atoms with van der Waals surface area (Å²) >= 11 is 0. The normalized spacial score (nSPS) is 20.1. The summed E-state index contributed by atoms with van der Waals surface area (Å²) in [5.41, 5.74) is 1.10. The number of methoxy groups -OCH3 is 1. The number of nitrogens with zero attached hydrogens (tertiary/aromatic N) is 1. The van der Waals surface area contributed by atoms with Gasteiger partial charge >= 0.3 is 6.18 Å². The highest BCUT2D eigenvalue weighted by Gasteiger charge is 2.45. The van der Waals surface area contributed by atoms with Crippen molar-refractivity contribution in [2.75, 3.05) is 7.11 Å². The summed E-state index contributed by atoms with van der Waals surface area (Å²) in [5.74, 6) is 5.53. The Morgan fingerprint density at radius 3 is 2.55 bits per heavy atom. The molecular formula is C13H18F3N3O. The van der Waals surface area contributed by atoms with E-state index in [-0.39, 0.29) is 5.56 Å². The van der Waals surface area contributed by atoms with Gasteiger partial charge < -0.3 is 4.74 Å². The van der Waals surface area contributed by atoms with Crippen LogP contribution in [0.25, 0.3) is 0 Å². The Morgan fingerprint density at radius 2 is 2.05 bits per heavy atom. The molecule has 1 fully saturated rings. The molecule has 1 unspecified atom stereocenters. The van der Waals surface area contributed by atoms with Crippen LogP contribution in [0.2, 0.25) is 0 Å². The van der Waals surface area contributed by atoms with E-state index in [0.717, 1.165) is 25.1 Å². The van der Waals surface area contributed by atoms with E-state index in [2.05, 4.69) is 10.4 Å². The molecule has 1 saturated carbocycles. The summed E-state index contributed by atoms with van der Waals surface area (Å²) in [5, 5.41) is 0. The lowest BCUT2D eigenvalue weighted by molar-refractivity contribution is -0.139. The summed E-state index contributed by atoms with van der Waals surface area (Å²) in [4.78, 5) is 3.81. The Bertz CT molecular complexity index is 458. The highest BCUT2D eigenvalue weighted by Crippen LogP contribution is 2.45. The molecule has 2 rings (SSSR count). The molecule has 1 aromatic heterocycles. The highest BCUT2D eigenvalue weighted by molar-refractivity contribution is 5.31. The SMILES string of the molecule is COC1(C(NN)c2cnccc2C(F)(F)F)CCCC1. The number of hydrazine groups is 1. The molecule has 3 N–H and O–H groups in total.